The van der Waals surface area contributed by atoms with Gasteiger partial charge in [0.1, 0.15) is 0 Å². The van der Waals surface area contributed by atoms with Crippen LogP contribution in [0.4, 0.5) is 0 Å². The molecule has 1 aliphatic heterocycles. The third-order valence-corrected chi connectivity index (χ3v) is 5.85. The van der Waals surface area contributed by atoms with Gasteiger partial charge in [0, 0.05) is 38.6 Å². The zero-order valence-corrected chi connectivity index (χ0v) is 14.2. The monoisotopic (exact) mass is 347 g/mol. The third-order valence-electron chi connectivity index (χ3n) is 3.94. The van der Waals surface area contributed by atoms with Gasteiger partial charge in [0.05, 0.1) is 18.1 Å². The fraction of sp³-hybridized carbons (Fsp3) is 0.353. The van der Waals surface area contributed by atoms with E-state index in [0.29, 0.717) is 37.7 Å². The molecule has 1 fully saturated rings. The van der Waals surface area contributed by atoms with E-state index in [1.54, 1.807) is 24.5 Å². The summed E-state index contributed by atoms with van der Waals surface area (Å²) in [7, 11) is -3.42. The number of aromatic nitrogens is 1. The molecule has 0 radical (unpaired) electrons. The second kappa shape index (κ2) is 7.85. The van der Waals surface area contributed by atoms with Gasteiger partial charge in [0.15, 0.2) is 0 Å². The van der Waals surface area contributed by atoms with Crippen LogP contribution in [0, 0.1) is 0 Å². The minimum absolute atomic E-state index is 0.335. The van der Waals surface area contributed by atoms with Gasteiger partial charge in [0.25, 0.3) is 0 Å². The van der Waals surface area contributed by atoms with Crippen LogP contribution in [-0.2, 0) is 27.8 Å². The van der Waals surface area contributed by atoms with Gasteiger partial charge in [-0.25, -0.2) is 8.42 Å². The number of sulfonamides is 1. The molecule has 0 unspecified atom stereocenters. The molecule has 0 atom stereocenters. The Morgan fingerprint density at radius 2 is 1.54 bits per heavy atom. The van der Waals surface area contributed by atoms with E-state index in [9.17, 15) is 8.42 Å². The average Bonchev–Trinajstić information content (AvgIpc) is 2.64. The first-order chi connectivity index (χ1) is 11.7. The molecule has 1 aliphatic rings. The zero-order chi connectivity index (χ0) is 16.8. The summed E-state index contributed by atoms with van der Waals surface area (Å²) >= 11 is 0. The Hall–Kier alpha value is -1.80. The van der Waals surface area contributed by atoms with Crippen LogP contribution in [0.25, 0.3) is 0 Å². The van der Waals surface area contributed by atoms with Crippen LogP contribution in [0.3, 0.4) is 0 Å². The third kappa shape index (κ3) is 4.18. The number of ether oxygens (including phenoxy) is 1. The Kier molecular flexibility index (Phi) is 5.57. The first-order valence-electron chi connectivity index (χ1n) is 7.93. The number of hydrogen-bond acceptors (Lipinski definition) is 5. The Labute approximate surface area is 142 Å². The maximum absolute atomic E-state index is 12.5. The van der Waals surface area contributed by atoms with E-state index in [1.807, 2.05) is 24.3 Å². The van der Waals surface area contributed by atoms with Crippen molar-refractivity contribution >= 4 is 10.0 Å². The highest BCUT2D eigenvalue weighted by atomic mass is 32.2. The Balaban J connectivity index is 1.58. The van der Waals surface area contributed by atoms with Crippen LogP contribution >= 0.6 is 0 Å². The normalized spacial score (nSPS) is 16.2. The first-order valence-corrected chi connectivity index (χ1v) is 9.37. The van der Waals surface area contributed by atoms with Gasteiger partial charge in [-0.15, -0.1) is 0 Å². The van der Waals surface area contributed by atoms with Gasteiger partial charge in [-0.3, -0.25) is 4.98 Å². The van der Waals surface area contributed by atoms with Crippen LogP contribution in [0.15, 0.2) is 53.7 Å². The molecule has 1 saturated heterocycles. The van der Waals surface area contributed by atoms with E-state index in [0.717, 1.165) is 17.7 Å². The Morgan fingerprint density at radius 3 is 2.17 bits per heavy atom. The Bertz CT molecular complexity index is 742. The molecule has 0 spiro atoms. The van der Waals surface area contributed by atoms with E-state index in [2.05, 4.69) is 10.3 Å². The second-order valence-corrected chi connectivity index (χ2v) is 7.56. The highest BCUT2D eigenvalue weighted by molar-refractivity contribution is 7.89. The second-order valence-electron chi connectivity index (χ2n) is 5.62. The maximum Gasteiger partial charge on any atom is 0.243 e. The highest BCUT2D eigenvalue weighted by Gasteiger charge is 2.25. The minimum Gasteiger partial charge on any atom is -0.379 e. The molecule has 1 aromatic heterocycles. The number of hydrogen-bond donors (Lipinski definition) is 1. The first kappa shape index (κ1) is 17.0. The molecule has 0 bridgehead atoms. The summed E-state index contributed by atoms with van der Waals surface area (Å²) in [6, 6.07) is 11.0. The maximum atomic E-state index is 12.5. The Morgan fingerprint density at radius 1 is 0.958 bits per heavy atom. The molecule has 0 amide bonds. The summed E-state index contributed by atoms with van der Waals surface area (Å²) in [5, 5.41) is 3.34. The molecule has 7 heteroatoms. The molecule has 2 heterocycles. The van der Waals surface area contributed by atoms with Crippen molar-refractivity contribution in [3.63, 3.8) is 0 Å². The zero-order valence-electron chi connectivity index (χ0n) is 13.4. The lowest BCUT2D eigenvalue weighted by atomic mass is 10.2. The minimum atomic E-state index is -3.42. The summed E-state index contributed by atoms with van der Waals surface area (Å²) in [4.78, 5) is 4.32. The molecule has 0 saturated carbocycles. The van der Waals surface area contributed by atoms with Crippen LogP contribution in [0.2, 0.25) is 0 Å². The molecular formula is C17H21N3O3S. The molecular weight excluding hydrogens is 326 g/mol. The van der Waals surface area contributed by atoms with E-state index in [1.165, 1.54) is 4.31 Å². The van der Waals surface area contributed by atoms with Gasteiger partial charge < -0.3 is 10.1 Å². The van der Waals surface area contributed by atoms with Crippen molar-refractivity contribution in [2.75, 3.05) is 26.3 Å². The molecule has 6 nitrogen and oxygen atoms in total. The quantitative estimate of drug-likeness (QED) is 0.855. The fourth-order valence-electron chi connectivity index (χ4n) is 2.57. The molecule has 3 rings (SSSR count). The highest BCUT2D eigenvalue weighted by Crippen LogP contribution is 2.17. The van der Waals surface area contributed by atoms with E-state index >= 15 is 0 Å². The number of nitrogens with one attached hydrogen (secondary N) is 1. The van der Waals surface area contributed by atoms with Gasteiger partial charge in [-0.2, -0.15) is 4.31 Å². The summed E-state index contributed by atoms with van der Waals surface area (Å²) in [5.41, 5.74) is 2.21. The number of nitrogens with zero attached hydrogens (tertiary/aromatic N) is 2. The van der Waals surface area contributed by atoms with E-state index in [4.69, 9.17) is 4.74 Å². The number of rotatable bonds is 6. The smallest absolute Gasteiger partial charge is 0.243 e. The van der Waals surface area contributed by atoms with Gasteiger partial charge in [-0.1, -0.05) is 12.1 Å². The van der Waals surface area contributed by atoms with E-state index in [-0.39, 0.29) is 0 Å². The fourth-order valence-corrected chi connectivity index (χ4v) is 3.98. The van der Waals surface area contributed by atoms with E-state index < -0.39 is 10.0 Å². The molecule has 1 aromatic carbocycles. The van der Waals surface area contributed by atoms with Crippen LogP contribution in [-0.4, -0.2) is 44.0 Å². The average molecular weight is 347 g/mol. The van der Waals surface area contributed by atoms with Gasteiger partial charge in [-0.05, 0) is 35.4 Å². The van der Waals surface area contributed by atoms with Crippen LogP contribution in [0.5, 0.6) is 0 Å². The molecule has 128 valence electrons. The summed E-state index contributed by atoms with van der Waals surface area (Å²) in [5.74, 6) is 0. The van der Waals surface area contributed by atoms with Crippen molar-refractivity contribution in [3.8, 4) is 0 Å². The standard InChI is InChI=1S/C17H21N3O3S/c21-24(22,20-9-11-23-12-10-20)17-3-1-15(2-4-17)13-19-14-16-5-7-18-8-6-16/h1-8,19H,9-14H2. The molecule has 24 heavy (non-hydrogen) atoms. The predicted octanol–water partition coefficient (Wildman–Crippen LogP) is 1.39. The topological polar surface area (TPSA) is 71.5 Å². The largest absolute Gasteiger partial charge is 0.379 e. The lowest BCUT2D eigenvalue weighted by Gasteiger charge is -2.26. The number of morpholine rings is 1. The van der Waals surface area contributed by atoms with Crippen molar-refractivity contribution in [2.24, 2.45) is 0 Å². The molecule has 1 N–H and O–H groups in total. The van der Waals surface area contributed by atoms with Crippen molar-refractivity contribution in [1.29, 1.82) is 0 Å². The molecule has 0 aliphatic carbocycles. The van der Waals surface area contributed by atoms with Crippen molar-refractivity contribution < 1.29 is 13.2 Å². The van der Waals surface area contributed by atoms with Crippen molar-refractivity contribution in [3.05, 3.63) is 59.9 Å². The van der Waals surface area contributed by atoms with Crippen molar-refractivity contribution in [2.45, 2.75) is 18.0 Å². The summed E-state index contributed by atoms with van der Waals surface area (Å²) < 4.78 is 31.8. The number of pyridine rings is 1. The SMILES string of the molecule is O=S(=O)(c1ccc(CNCc2ccncc2)cc1)N1CCOCC1. The summed E-state index contributed by atoms with van der Waals surface area (Å²) in [6.45, 7) is 3.16. The van der Waals surface area contributed by atoms with Gasteiger partial charge >= 0.3 is 0 Å². The van der Waals surface area contributed by atoms with Crippen LogP contribution in [0.1, 0.15) is 11.1 Å². The van der Waals surface area contributed by atoms with Crippen LogP contribution < -0.4 is 5.32 Å². The molecule has 2 aromatic rings. The van der Waals surface area contributed by atoms with Gasteiger partial charge in [0.2, 0.25) is 10.0 Å². The lowest BCUT2D eigenvalue weighted by molar-refractivity contribution is 0.0730. The lowest BCUT2D eigenvalue weighted by Crippen LogP contribution is -2.40. The predicted molar refractivity (Wildman–Crippen MR) is 90.8 cm³/mol. The van der Waals surface area contributed by atoms with Crippen molar-refractivity contribution in [1.82, 2.24) is 14.6 Å². The summed E-state index contributed by atoms with van der Waals surface area (Å²) in [6.07, 6.45) is 3.53. The number of benzene rings is 1.